The van der Waals surface area contributed by atoms with Crippen LogP contribution in [-0.4, -0.2) is 28.4 Å². The first-order valence-electron chi connectivity index (χ1n) is 6.17. The maximum Gasteiger partial charge on any atom is 0.229 e. The zero-order valence-corrected chi connectivity index (χ0v) is 12.3. The van der Waals surface area contributed by atoms with Gasteiger partial charge in [-0.2, -0.15) is 11.8 Å². The Balaban J connectivity index is 2.44. The number of thioether (sulfide) groups is 1. The molecule has 5 heteroatoms. The smallest absolute Gasteiger partial charge is 0.229 e. The molecule has 0 aliphatic heterocycles. The van der Waals surface area contributed by atoms with E-state index in [1.54, 1.807) is 0 Å². The molecule has 0 spiro atoms. The van der Waals surface area contributed by atoms with Crippen LogP contribution in [-0.2, 0) is 4.79 Å². The lowest BCUT2D eigenvalue weighted by Crippen LogP contribution is -2.48. The molecule has 0 aromatic rings. The Morgan fingerprint density at radius 2 is 2.24 bits per heavy atom. The highest BCUT2D eigenvalue weighted by Crippen LogP contribution is 2.42. The molecule has 0 radical (unpaired) electrons. The van der Waals surface area contributed by atoms with Crippen LogP contribution in [0.3, 0.4) is 0 Å². The molecule has 3 N–H and O–H groups in total. The van der Waals surface area contributed by atoms with Crippen LogP contribution in [0.4, 0.5) is 0 Å². The van der Waals surface area contributed by atoms with Crippen molar-refractivity contribution in [3.05, 3.63) is 0 Å². The lowest BCUT2D eigenvalue weighted by molar-refractivity contribution is -0.123. The van der Waals surface area contributed by atoms with E-state index in [1.165, 1.54) is 19.3 Å². The minimum atomic E-state index is -0.297. The van der Waals surface area contributed by atoms with Gasteiger partial charge in [0.15, 0.2) is 0 Å². The number of hydrogen-bond donors (Lipinski definition) is 2. The van der Waals surface area contributed by atoms with Gasteiger partial charge in [0.1, 0.15) is 0 Å². The van der Waals surface area contributed by atoms with E-state index in [1.807, 2.05) is 18.7 Å². The summed E-state index contributed by atoms with van der Waals surface area (Å²) >= 11 is 6.80. The summed E-state index contributed by atoms with van der Waals surface area (Å²) in [5, 5.41) is 3.02. The van der Waals surface area contributed by atoms with E-state index < -0.39 is 0 Å². The van der Waals surface area contributed by atoms with Crippen LogP contribution < -0.4 is 11.1 Å². The summed E-state index contributed by atoms with van der Waals surface area (Å²) in [5.41, 5.74) is 5.61. The molecule has 98 valence electrons. The predicted octanol–water partition coefficient (Wildman–Crippen LogP) is 2.09. The van der Waals surface area contributed by atoms with Crippen LogP contribution in [0.15, 0.2) is 0 Å². The second kappa shape index (κ2) is 6.59. The first-order valence-corrected chi connectivity index (χ1v) is 7.80. The minimum Gasteiger partial charge on any atom is -0.393 e. The zero-order chi connectivity index (χ0) is 12.9. The number of carbonyl (C=O) groups excluding carboxylic acids is 1. The molecular weight excluding hydrogens is 252 g/mol. The topological polar surface area (TPSA) is 55.1 Å². The van der Waals surface area contributed by atoms with Gasteiger partial charge in [-0.25, -0.2) is 0 Å². The monoisotopic (exact) mass is 274 g/mol. The quantitative estimate of drug-likeness (QED) is 0.698. The fraction of sp³-hybridized carbons (Fsp3) is 0.833. The van der Waals surface area contributed by atoms with Crippen LogP contribution in [0.5, 0.6) is 0 Å². The normalized spacial score (nSPS) is 19.2. The van der Waals surface area contributed by atoms with E-state index in [-0.39, 0.29) is 16.6 Å². The van der Waals surface area contributed by atoms with E-state index in [2.05, 4.69) is 11.6 Å². The largest absolute Gasteiger partial charge is 0.393 e. The van der Waals surface area contributed by atoms with Crippen LogP contribution in [0.25, 0.3) is 0 Å². The molecule has 0 aromatic carbocycles. The summed E-state index contributed by atoms with van der Waals surface area (Å²) in [7, 11) is 0. The van der Waals surface area contributed by atoms with Gasteiger partial charge in [0.25, 0.3) is 0 Å². The van der Waals surface area contributed by atoms with Gasteiger partial charge in [-0.05, 0) is 25.5 Å². The van der Waals surface area contributed by atoms with Crippen molar-refractivity contribution >= 4 is 34.9 Å². The molecule has 1 aliphatic rings. The standard InChI is InChI=1S/C12H22N2OS2/c1-3-5-9(10(13)16)11(15)14-8-12(17-2)6-4-7-12/h9H,3-8H2,1-2H3,(H2,13,16)(H,14,15). The second-order valence-corrected chi connectivity index (χ2v) is 6.45. The van der Waals surface area contributed by atoms with Gasteiger partial charge in [0.05, 0.1) is 10.9 Å². The van der Waals surface area contributed by atoms with Crippen LogP contribution in [0.2, 0.25) is 0 Å². The minimum absolute atomic E-state index is 0.000301. The van der Waals surface area contributed by atoms with E-state index in [9.17, 15) is 4.79 Å². The summed E-state index contributed by atoms with van der Waals surface area (Å²) < 4.78 is 0.267. The lowest BCUT2D eigenvalue weighted by atomic mass is 9.84. The molecule has 1 rings (SSSR count). The molecule has 0 aromatic heterocycles. The Bertz CT molecular complexity index is 285. The second-order valence-electron chi connectivity index (χ2n) is 4.70. The first-order chi connectivity index (χ1) is 8.04. The zero-order valence-electron chi connectivity index (χ0n) is 10.6. The van der Waals surface area contributed by atoms with Crippen LogP contribution in [0.1, 0.15) is 39.0 Å². The number of carbonyl (C=O) groups is 1. The van der Waals surface area contributed by atoms with Gasteiger partial charge in [-0.1, -0.05) is 32.0 Å². The Morgan fingerprint density at radius 3 is 2.59 bits per heavy atom. The van der Waals surface area contributed by atoms with E-state index in [0.717, 1.165) is 19.4 Å². The third-order valence-electron chi connectivity index (χ3n) is 3.52. The molecule has 1 amide bonds. The highest BCUT2D eigenvalue weighted by Gasteiger charge is 2.36. The van der Waals surface area contributed by atoms with Crippen molar-refractivity contribution in [2.24, 2.45) is 11.7 Å². The fourth-order valence-electron chi connectivity index (χ4n) is 2.09. The average molecular weight is 274 g/mol. The maximum absolute atomic E-state index is 12.0. The lowest BCUT2D eigenvalue weighted by Gasteiger charge is -2.40. The number of nitrogens with one attached hydrogen (secondary N) is 1. The molecule has 0 saturated heterocycles. The summed E-state index contributed by atoms with van der Waals surface area (Å²) in [5.74, 6) is -0.298. The molecule has 0 bridgehead atoms. The third-order valence-corrected chi connectivity index (χ3v) is 5.22. The van der Waals surface area contributed by atoms with Crippen LogP contribution in [0, 0.1) is 5.92 Å². The Hall–Kier alpha value is -0.290. The van der Waals surface area contributed by atoms with Gasteiger partial charge >= 0.3 is 0 Å². The molecule has 0 heterocycles. The highest BCUT2D eigenvalue weighted by molar-refractivity contribution is 8.00. The molecule has 1 aliphatic carbocycles. The van der Waals surface area contributed by atoms with Gasteiger partial charge in [-0.3, -0.25) is 4.79 Å². The molecule has 1 fully saturated rings. The Morgan fingerprint density at radius 1 is 1.59 bits per heavy atom. The van der Waals surface area contributed by atoms with E-state index >= 15 is 0 Å². The van der Waals surface area contributed by atoms with E-state index in [4.69, 9.17) is 18.0 Å². The van der Waals surface area contributed by atoms with Crippen LogP contribution >= 0.6 is 24.0 Å². The van der Waals surface area contributed by atoms with Gasteiger partial charge < -0.3 is 11.1 Å². The molecule has 3 nitrogen and oxygen atoms in total. The number of nitrogens with two attached hydrogens (primary N) is 1. The van der Waals surface area contributed by atoms with Crippen molar-refractivity contribution < 1.29 is 4.79 Å². The SMILES string of the molecule is CCCC(C(=O)NCC1(SC)CCC1)C(N)=S. The Labute approximate surface area is 113 Å². The first kappa shape index (κ1) is 14.8. The number of rotatable bonds is 7. The third kappa shape index (κ3) is 3.85. The molecule has 1 unspecified atom stereocenters. The molecular formula is C12H22N2OS2. The maximum atomic E-state index is 12.0. The van der Waals surface area contributed by atoms with Crippen molar-refractivity contribution in [3.63, 3.8) is 0 Å². The molecule has 17 heavy (non-hydrogen) atoms. The van der Waals surface area contributed by atoms with E-state index in [0.29, 0.717) is 4.99 Å². The van der Waals surface area contributed by atoms with Crippen molar-refractivity contribution in [2.75, 3.05) is 12.8 Å². The summed E-state index contributed by atoms with van der Waals surface area (Å²) in [4.78, 5) is 12.3. The predicted molar refractivity (Wildman–Crippen MR) is 78.3 cm³/mol. The van der Waals surface area contributed by atoms with Crippen molar-refractivity contribution in [2.45, 2.75) is 43.8 Å². The van der Waals surface area contributed by atoms with Crippen molar-refractivity contribution in [3.8, 4) is 0 Å². The fourth-order valence-corrected chi connectivity index (χ4v) is 3.23. The average Bonchev–Trinajstić information content (AvgIpc) is 2.24. The highest BCUT2D eigenvalue weighted by atomic mass is 32.2. The van der Waals surface area contributed by atoms with Crippen molar-refractivity contribution in [1.29, 1.82) is 0 Å². The molecule has 1 saturated carbocycles. The summed E-state index contributed by atoms with van der Waals surface area (Å²) in [6.45, 7) is 2.78. The van der Waals surface area contributed by atoms with Crippen molar-refractivity contribution in [1.82, 2.24) is 5.32 Å². The molecule has 1 atom stereocenters. The number of hydrogen-bond acceptors (Lipinski definition) is 3. The van der Waals surface area contributed by atoms with Gasteiger partial charge in [-0.15, -0.1) is 0 Å². The number of amides is 1. The summed E-state index contributed by atoms with van der Waals surface area (Å²) in [6, 6.07) is 0. The number of thiocarbonyl (C=S) groups is 1. The van der Waals surface area contributed by atoms with Gasteiger partial charge in [0.2, 0.25) is 5.91 Å². The summed E-state index contributed by atoms with van der Waals surface area (Å²) in [6.07, 6.45) is 7.43. The Kier molecular flexibility index (Phi) is 5.73. The van der Waals surface area contributed by atoms with Gasteiger partial charge in [0, 0.05) is 11.3 Å².